The Bertz CT molecular complexity index is 475. The van der Waals surface area contributed by atoms with Crippen LogP contribution in [0.15, 0.2) is 18.3 Å². The second-order valence-electron chi connectivity index (χ2n) is 3.93. The van der Waals surface area contributed by atoms with Crippen molar-refractivity contribution in [3.63, 3.8) is 0 Å². The molecule has 1 amide bonds. The number of methoxy groups -OCH3 is 1. The van der Waals surface area contributed by atoms with Crippen molar-refractivity contribution >= 4 is 11.9 Å². The van der Waals surface area contributed by atoms with Crippen molar-refractivity contribution in [2.45, 2.75) is 0 Å². The van der Waals surface area contributed by atoms with Gasteiger partial charge in [0.15, 0.2) is 0 Å². The molecular weight excluding hydrogens is 232 g/mol. The van der Waals surface area contributed by atoms with E-state index < -0.39 is 0 Å². The Morgan fingerprint density at radius 1 is 1.44 bits per heavy atom. The average Bonchev–Trinajstić information content (AvgIpc) is 2.46. The molecule has 0 saturated carbocycles. The van der Waals surface area contributed by atoms with Crippen molar-refractivity contribution in [1.29, 1.82) is 5.26 Å². The van der Waals surface area contributed by atoms with Crippen LogP contribution in [0.4, 0.5) is 10.6 Å². The van der Waals surface area contributed by atoms with Crippen molar-refractivity contribution in [2.75, 3.05) is 38.2 Å². The summed E-state index contributed by atoms with van der Waals surface area (Å²) in [5.41, 5.74) is 0.559. The summed E-state index contributed by atoms with van der Waals surface area (Å²) in [6.45, 7) is 2.46. The standard InChI is InChI=1S/C12H14N4O2/c1-18-12(17)16-7-5-15(6-8-16)11-10(9-13)3-2-4-14-11/h2-4H,5-8H2,1H3. The Balaban J connectivity index is 2.06. The van der Waals surface area contributed by atoms with Gasteiger partial charge in [0.2, 0.25) is 0 Å². The first-order valence-corrected chi connectivity index (χ1v) is 5.69. The molecule has 1 aromatic rings. The number of nitrogens with zero attached hydrogens (tertiary/aromatic N) is 4. The molecule has 0 radical (unpaired) electrons. The number of carbonyl (C=O) groups excluding carboxylic acids is 1. The Morgan fingerprint density at radius 2 is 2.17 bits per heavy atom. The van der Waals surface area contributed by atoms with Gasteiger partial charge in [-0.2, -0.15) is 5.26 Å². The van der Waals surface area contributed by atoms with E-state index in [1.807, 2.05) is 4.90 Å². The molecule has 1 aliphatic rings. The van der Waals surface area contributed by atoms with E-state index in [0.717, 1.165) is 0 Å². The lowest BCUT2D eigenvalue weighted by Gasteiger charge is -2.34. The van der Waals surface area contributed by atoms with Crippen LogP contribution in [0.1, 0.15) is 5.56 Å². The minimum absolute atomic E-state index is 0.309. The van der Waals surface area contributed by atoms with Crippen molar-refractivity contribution in [2.24, 2.45) is 0 Å². The fraction of sp³-hybridized carbons (Fsp3) is 0.417. The Labute approximate surface area is 105 Å². The number of aromatic nitrogens is 1. The zero-order valence-electron chi connectivity index (χ0n) is 10.2. The van der Waals surface area contributed by atoms with Crippen LogP contribution in [0, 0.1) is 11.3 Å². The minimum Gasteiger partial charge on any atom is -0.453 e. The number of hydrogen-bond acceptors (Lipinski definition) is 5. The van der Waals surface area contributed by atoms with Crippen molar-refractivity contribution in [1.82, 2.24) is 9.88 Å². The van der Waals surface area contributed by atoms with Gasteiger partial charge in [0, 0.05) is 32.4 Å². The first kappa shape index (κ1) is 12.2. The molecule has 2 rings (SSSR count). The maximum absolute atomic E-state index is 11.4. The van der Waals surface area contributed by atoms with Gasteiger partial charge >= 0.3 is 6.09 Å². The van der Waals surface area contributed by atoms with E-state index in [4.69, 9.17) is 5.26 Å². The number of ether oxygens (including phenoxy) is 1. The van der Waals surface area contributed by atoms with Crippen LogP contribution in [0.3, 0.4) is 0 Å². The molecule has 2 heterocycles. The van der Waals surface area contributed by atoms with E-state index in [1.54, 1.807) is 23.2 Å². The maximum atomic E-state index is 11.4. The normalized spacial score (nSPS) is 15.1. The molecule has 0 bridgehead atoms. The highest BCUT2D eigenvalue weighted by atomic mass is 16.5. The zero-order chi connectivity index (χ0) is 13.0. The van der Waals surface area contributed by atoms with E-state index in [9.17, 15) is 4.79 Å². The van der Waals surface area contributed by atoms with E-state index in [2.05, 4.69) is 15.8 Å². The Hall–Kier alpha value is -2.29. The molecule has 0 spiro atoms. The van der Waals surface area contributed by atoms with Crippen LogP contribution < -0.4 is 4.90 Å². The van der Waals surface area contributed by atoms with Gasteiger partial charge in [0.1, 0.15) is 11.9 Å². The molecule has 0 N–H and O–H groups in total. The van der Waals surface area contributed by atoms with Gasteiger partial charge in [-0.05, 0) is 12.1 Å². The number of nitriles is 1. The smallest absolute Gasteiger partial charge is 0.409 e. The van der Waals surface area contributed by atoms with E-state index in [0.29, 0.717) is 37.6 Å². The fourth-order valence-corrected chi connectivity index (χ4v) is 1.97. The van der Waals surface area contributed by atoms with E-state index in [-0.39, 0.29) is 6.09 Å². The lowest BCUT2D eigenvalue weighted by Crippen LogP contribution is -2.49. The number of hydrogen-bond donors (Lipinski definition) is 0. The summed E-state index contributed by atoms with van der Waals surface area (Å²) >= 11 is 0. The summed E-state index contributed by atoms with van der Waals surface area (Å²) in [6.07, 6.45) is 1.36. The van der Waals surface area contributed by atoms with Crippen molar-refractivity contribution in [3.05, 3.63) is 23.9 Å². The Kier molecular flexibility index (Phi) is 3.63. The second-order valence-corrected chi connectivity index (χ2v) is 3.93. The highest BCUT2D eigenvalue weighted by Gasteiger charge is 2.23. The van der Waals surface area contributed by atoms with E-state index >= 15 is 0 Å². The lowest BCUT2D eigenvalue weighted by molar-refractivity contribution is 0.121. The Morgan fingerprint density at radius 3 is 2.78 bits per heavy atom. The minimum atomic E-state index is -0.309. The number of anilines is 1. The maximum Gasteiger partial charge on any atom is 0.409 e. The van der Waals surface area contributed by atoms with Gasteiger partial charge in [-0.25, -0.2) is 9.78 Å². The van der Waals surface area contributed by atoms with Crippen molar-refractivity contribution in [3.8, 4) is 6.07 Å². The second kappa shape index (κ2) is 5.36. The summed E-state index contributed by atoms with van der Waals surface area (Å²) < 4.78 is 4.68. The van der Waals surface area contributed by atoms with Crippen LogP contribution in [-0.4, -0.2) is 49.3 Å². The highest BCUT2D eigenvalue weighted by Crippen LogP contribution is 2.18. The number of carbonyl (C=O) groups is 1. The fourth-order valence-electron chi connectivity index (χ4n) is 1.97. The van der Waals surface area contributed by atoms with Gasteiger partial charge in [-0.3, -0.25) is 0 Å². The van der Waals surface area contributed by atoms with Gasteiger partial charge in [-0.15, -0.1) is 0 Å². The summed E-state index contributed by atoms with van der Waals surface area (Å²) in [4.78, 5) is 19.2. The molecule has 6 heteroatoms. The van der Waals surface area contributed by atoms with Crippen LogP contribution >= 0.6 is 0 Å². The third-order valence-corrected chi connectivity index (χ3v) is 2.92. The van der Waals surface area contributed by atoms with Gasteiger partial charge in [0.05, 0.1) is 12.7 Å². The van der Waals surface area contributed by atoms with Crippen LogP contribution in [0.5, 0.6) is 0 Å². The summed E-state index contributed by atoms with van der Waals surface area (Å²) in [5, 5.41) is 9.03. The molecule has 1 aromatic heterocycles. The molecular formula is C12H14N4O2. The predicted molar refractivity (Wildman–Crippen MR) is 65.1 cm³/mol. The van der Waals surface area contributed by atoms with Crippen LogP contribution in [0.2, 0.25) is 0 Å². The number of pyridine rings is 1. The quantitative estimate of drug-likeness (QED) is 0.734. The molecule has 1 aliphatic heterocycles. The highest BCUT2D eigenvalue weighted by molar-refractivity contribution is 5.68. The first-order chi connectivity index (χ1) is 8.76. The first-order valence-electron chi connectivity index (χ1n) is 5.69. The third-order valence-electron chi connectivity index (χ3n) is 2.92. The molecule has 0 atom stereocenters. The summed E-state index contributed by atoms with van der Waals surface area (Å²) in [6, 6.07) is 5.62. The monoisotopic (exact) mass is 246 g/mol. The lowest BCUT2D eigenvalue weighted by atomic mass is 10.2. The number of amides is 1. The molecule has 0 aromatic carbocycles. The van der Waals surface area contributed by atoms with Crippen LogP contribution in [0.25, 0.3) is 0 Å². The van der Waals surface area contributed by atoms with Crippen molar-refractivity contribution < 1.29 is 9.53 Å². The zero-order valence-corrected chi connectivity index (χ0v) is 10.2. The van der Waals surface area contributed by atoms with Gasteiger partial charge in [0.25, 0.3) is 0 Å². The molecule has 0 aliphatic carbocycles. The summed E-state index contributed by atoms with van der Waals surface area (Å²) in [5.74, 6) is 0.685. The van der Waals surface area contributed by atoms with E-state index in [1.165, 1.54) is 7.11 Å². The molecule has 1 fully saturated rings. The molecule has 18 heavy (non-hydrogen) atoms. The molecule has 6 nitrogen and oxygen atoms in total. The number of rotatable bonds is 1. The molecule has 94 valence electrons. The molecule has 1 saturated heterocycles. The van der Waals surface area contributed by atoms with Gasteiger partial charge in [-0.1, -0.05) is 0 Å². The third kappa shape index (κ3) is 2.35. The number of piperazine rings is 1. The van der Waals surface area contributed by atoms with Gasteiger partial charge < -0.3 is 14.5 Å². The average molecular weight is 246 g/mol. The molecule has 0 unspecified atom stereocenters. The largest absolute Gasteiger partial charge is 0.453 e. The van der Waals surface area contributed by atoms with Crippen LogP contribution in [-0.2, 0) is 4.74 Å². The predicted octanol–water partition coefficient (Wildman–Crippen LogP) is 0.842. The topological polar surface area (TPSA) is 69.5 Å². The summed E-state index contributed by atoms with van der Waals surface area (Å²) in [7, 11) is 1.38. The SMILES string of the molecule is COC(=O)N1CCN(c2ncccc2C#N)CC1.